The van der Waals surface area contributed by atoms with E-state index in [1.165, 1.54) is 0 Å². The number of rotatable bonds is 3. The molecule has 0 atom stereocenters. The molecule has 0 radical (unpaired) electrons. The fraction of sp³-hybridized carbons (Fsp3) is 0.538. The molecule has 1 fully saturated rings. The van der Waals surface area contributed by atoms with Gasteiger partial charge in [0.2, 0.25) is 5.91 Å². The molecular formula is C13H19N3O. The largest absolute Gasteiger partial charge is 0.353 e. The van der Waals surface area contributed by atoms with E-state index >= 15 is 0 Å². The van der Waals surface area contributed by atoms with Crippen molar-refractivity contribution in [2.24, 2.45) is 0 Å². The van der Waals surface area contributed by atoms with E-state index in [2.05, 4.69) is 22.2 Å². The topological polar surface area (TPSA) is 45.2 Å². The zero-order valence-corrected chi connectivity index (χ0v) is 10.2. The van der Waals surface area contributed by atoms with E-state index < -0.39 is 0 Å². The summed E-state index contributed by atoms with van der Waals surface area (Å²) in [6.45, 7) is 2.13. The highest BCUT2D eigenvalue weighted by atomic mass is 16.1. The standard InChI is InChI=1S/C13H19N3O/c1-16-7-4-12(5-8-16)15-13(17)9-11-3-2-6-14-10-11/h2-3,6,10,12H,4-5,7-9H2,1H3,(H,15,17). The van der Waals surface area contributed by atoms with Crippen molar-refractivity contribution in [3.63, 3.8) is 0 Å². The number of nitrogens with one attached hydrogen (secondary N) is 1. The molecule has 1 aromatic heterocycles. The Labute approximate surface area is 102 Å². The van der Waals surface area contributed by atoms with Gasteiger partial charge in [-0.3, -0.25) is 9.78 Å². The van der Waals surface area contributed by atoms with Gasteiger partial charge < -0.3 is 10.2 Å². The molecule has 1 N–H and O–H groups in total. The molecular weight excluding hydrogens is 214 g/mol. The average molecular weight is 233 g/mol. The van der Waals surface area contributed by atoms with Crippen LogP contribution in [0.25, 0.3) is 0 Å². The quantitative estimate of drug-likeness (QED) is 0.841. The minimum Gasteiger partial charge on any atom is -0.353 e. The molecule has 0 unspecified atom stereocenters. The van der Waals surface area contributed by atoms with Crippen LogP contribution >= 0.6 is 0 Å². The van der Waals surface area contributed by atoms with E-state index in [0.29, 0.717) is 12.5 Å². The molecule has 0 aromatic carbocycles. The van der Waals surface area contributed by atoms with E-state index in [4.69, 9.17) is 0 Å². The Balaban J connectivity index is 1.78. The number of likely N-dealkylation sites (tertiary alicyclic amines) is 1. The van der Waals surface area contributed by atoms with Crippen molar-refractivity contribution in [2.45, 2.75) is 25.3 Å². The lowest BCUT2D eigenvalue weighted by molar-refractivity contribution is -0.121. The number of carbonyl (C=O) groups is 1. The number of piperidine rings is 1. The van der Waals surface area contributed by atoms with E-state index in [9.17, 15) is 4.79 Å². The predicted octanol–water partition coefficient (Wildman–Crippen LogP) is 0.834. The third-order valence-corrected chi connectivity index (χ3v) is 3.17. The van der Waals surface area contributed by atoms with Crippen molar-refractivity contribution >= 4 is 5.91 Å². The van der Waals surface area contributed by atoms with Crippen molar-refractivity contribution in [1.82, 2.24) is 15.2 Å². The number of hydrogen-bond acceptors (Lipinski definition) is 3. The van der Waals surface area contributed by atoms with Crippen LogP contribution < -0.4 is 5.32 Å². The lowest BCUT2D eigenvalue weighted by atomic mass is 10.1. The smallest absolute Gasteiger partial charge is 0.224 e. The summed E-state index contributed by atoms with van der Waals surface area (Å²) in [5.41, 5.74) is 0.970. The van der Waals surface area contributed by atoms with Crippen molar-refractivity contribution in [2.75, 3.05) is 20.1 Å². The van der Waals surface area contributed by atoms with Crippen molar-refractivity contribution in [3.05, 3.63) is 30.1 Å². The summed E-state index contributed by atoms with van der Waals surface area (Å²) in [5, 5.41) is 3.09. The van der Waals surface area contributed by atoms with Crippen LogP contribution in [0.3, 0.4) is 0 Å². The van der Waals surface area contributed by atoms with E-state index in [0.717, 1.165) is 31.5 Å². The molecule has 4 heteroatoms. The summed E-state index contributed by atoms with van der Waals surface area (Å²) >= 11 is 0. The Bertz CT molecular complexity index is 358. The van der Waals surface area contributed by atoms with E-state index in [1.807, 2.05) is 12.1 Å². The average Bonchev–Trinajstić information content (AvgIpc) is 2.33. The first-order valence-electron chi connectivity index (χ1n) is 6.11. The molecule has 1 saturated heterocycles. The maximum atomic E-state index is 11.8. The van der Waals surface area contributed by atoms with Gasteiger partial charge in [-0.1, -0.05) is 6.07 Å². The highest BCUT2D eigenvalue weighted by molar-refractivity contribution is 5.78. The first kappa shape index (κ1) is 12.0. The number of aromatic nitrogens is 1. The molecule has 0 aliphatic carbocycles. The first-order chi connectivity index (χ1) is 8.24. The Morgan fingerprint density at radius 3 is 2.94 bits per heavy atom. The molecule has 17 heavy (non-hydrogen) atoms. The third-order valence-electron chi connectivity index (χ3n) is 3.17. The molecule has 2 heterocycles. The second kappa shape index (κ2) is 5.77. The number of hydrogen-bond donors (Lipinski definition) is 1. The predicted molar refractivity (Wildman–Crippen MR) is 66.6 cm³/mol. The van der Waals surface area contributed by atoms with Crippen LogP contribution in [-0.2, 0) is 11.2 Å². The second-order valence-corrected chi connectivity index (χ2v) is 4.68. The van der Waals surface area contributed by atoms with Crippen LogP contribution in [0.5, 0.6) is 0 Å². The van der Waals surface area contributed by atoms with Gasteiger partial charge in [-0.05, 0) is 44.6 Å². The fourth-order valence-corrected chi connectivity index (χ4v) is 2.12. The number of carbonyl (C=O) groups excluding carboxylic acids is 1. The summed E-state index contributed by atoms with van der Waals surface area (Å²) in [6.07, 6.45) is 6.00. The number of pyridine rings is 1. The number of nitrogens with zero attached hydrogens (tertiary/aromatic N) is 2. The van der Waals surface area contributed by atoms with Crippen molar-refractivity contribution in [1.29, 1.82) is 0 Å². The van der Waals surface area contributed by atoms with Crippen LogP contribution in [0, 0.1) is 0 Å². The van der Waals surface area contributed by atoms with Gasteiger partial charge >= 0.3 is 0 Å². The van der Waals surface area contributed by atoms with Crippen LogP contribution in [0.1, 0.15) is 18.4 Å². The third kappa shape index (κ3) is 3.82. The molecule has 1 amide bonds. The summed E-state index contributed by atoms with van der Waals surface area (Å²) in [5.74, 6) is 0.104. The Morgan fingerprint density at radius 2 is 2.29 bits per heavy atom. The Kier molecular flexibility index (Phi) is 4.09. The van der Waals surface area contributed by atoms with Crippen molar-refractivity contribution < 1.29 is 4.79 Å². The molecule has 1 aliphatic heterocycles. The van der Waals surface area contributed by atoms with Gasteiger partial charge in [0, 0.05) is 18.4 Å². The minimum atomic E-state index is 0.104. The van der Waals surface area contributed by atoms with Gasteiger partial charge in [0.25, 0.3) is 0 Å². The molecule has 0 spiro atoms. The fourth-order valence-electron chi connectivity index (χ4n) is 2.12. The highest BCUT2D eigenvalue weighted by Gasteiger charge is 2.18. The van der Waals surface area contributed by atoms with Gasteiger partial charge in [-0.2, -0.15) is 0 Å². The molecule has 0 bridgehead atoms. The van der Waals surface area contributed by atoms with Gasteiger partial charge in [0.15, 0.2) is 0 Å². The summed E-state index contributed by atoms with van der Waals surface area (Å²) in [7, 11) is 2.12. The van der Waals surface area contributed by atoms with Gasteiger partial charge in [-0.15, -0.1) is 0 Å². The summed E-state index contributed by atoms with van der Waals surface area (Å²) in [4.78, 5) is 18.1. The van der Waals surface area contributed by atoms with Gasteiger partial charge in [-0.25, -0.2) is 0 Å². The SMILES string of the molecule is CN1CCC(NC(=O)Cc2cccnc2)CC1. The van der Waals surface area contributed by atoms with E-state index in [-0.39, 0.29) is 5.91 Å². The molecule has 1 aliphatic rings. The minimum absolute atomic E-state index is 0.104. The lowest BCUT2D eigenvalue weighted by Gasteiger charge is -2.29. The monoisotopic (exact) mass is 233 g/mol. The van der Waals surface area contributed by atoms with Gasteiger partial charge in [0.1, 0.15) is 0 Å². The van der Waals surface area contributed by atoms with E-state index in [1.54, 1.807) is 12.4 Å². The summed E-state index contributed by atoms with van der Waals surface area (Å²) in [6, 6.07) is 4.13. The van der Waals surface area contributed by atoms with Gasteiger partial charge in [0.05, 0.1) is 6.42 Å². The Hall–Kier alpha value is -1.42. The van der Waals surface area contributed by atoms with Crippen LogP contribution in [0.4, 0.5) is 0 Å². The normalized spacial score (nSPS) is 17.9. The first-order valence-corrected chi connectivity index (χ1v) is 6.11. The van der Waals surface area contributed by atoms with Crippen LogP contribution in [-0.4, -0.2) is 42.0 Å². The lowest BCUT2D eigenvalue weighted by Crippen LogP contribution is -2.43. The molecule has 2 rings (SSSR count). The molecule has 0 saturated carbocycles. The number of amides is 1. The molecule has 1 aromatic rings. The van der Waals surface area contributed by atoms with Crippen LogP contribution in [0.15, 0.2) is 24.5 Å². The highest BCUT2D eigenvalue weighted by Crippen LogP contribution is 2.08. The molecule has 92 valence electrons. The van der Waals surface area contributed by atoms with Crippen molar-refractivity contribution in [3.8, 4) is 0 Å². The zero-order chi connectivity index (χ0) is 12.1. The van der Waals surface area contributed by atoms with Crippen LogP contribution in [0.2, 0.25) is 0 Å². The zero-order valence-electron chi connectivity index (χ0n) is 10.2. The maximum Gasteiger partial charge on any atom is 0.224 e. The summed E-state index contributed by atoms with van der Waals surface area (Å²) < 4.78 is 0. The second-order valence-electron chi connectivity index (χ2n) is 4.68. The Morgan fingerprint density at radius 1 is 1.53 bits per heavy atom. The maximum absolute atomic E-state index is 11.8. The molecule has 4 nitrogen and oxygen atoms in total.